The van der Waals surface area contributed by atoms with Crippen molar-refractivity contribution < 1.29 is 14.3 Å². The zero-order chi connectivity index (χ0) is 19.6. The maximum absolute atomic E-state index is 12.4. The molecule has 0 radical (unpaired) electrons. The molecule has 0 bridgehead atoms. The van der Waals surface area contributed by atoms with Crippen LogP contribution in [-0.2, 0) is 11.3 Å². The normalized spacial score (nSPS) is 11.9. The van der Waals surface area contributed by atoms with Crippen LogP contribution < -0.4 is 14.8 Å². The van der Waals surface area contributed by atoms with Crippen molar-refractivity contribution in [3.8, 4) is 11.5 Å². The SMILES string of the molecule is CCCCSc1nnc(SC(C)C(=O)NCc2ccc(OC)c(OC)c2)s1. The summed E-state index contributed by atoms with van der Waals surface area (Å²) < 4.78 is 12.3. The highest BCUT2D eigenvalue weighted by atomic mass is 32.2. The number of hydrogen-bond acceptors (Lipinski definition) is 8. The van der Waals surface area contributed by atoms with E-state index in [-0.39, 0.29) is 11.2 Å². The number of carbonyl (C=O) groups excluding carboxylic acids is 1. The molecule has 1 amide bonds. The minimum Gasteiger partial charge on any atom is -0.493 e. The summed E-state index contributed by atoms with van der Waals surface area (Å²) in [6, 6.07) is 5.60. The average molecular weight is 428 g/mol. The lowest BCUT2D eigenvalue weighted by Crippen LogP contribution is -2.30. The minimum atomic E-state index is -0.244. The first kappa shape index (κ1) is 21.8. The van der Waals surface area contributed by atoms with Gasteiger partial charge < -0.3 is 14.8 Å². The Kier molecular flexibility index (Phi) is 9.23. The summed E-state index contributed by atoms with van der Waals surface area (Å²) in [4.78, 5) is 12.4. The van der Waals surface area contributed by atoms with Crippen molar-refractivity contribution in [2.45, 2.75) is 47.2 Å². The van der Waals surface area contributed by atoms with Crippen molar-refractivity contribution in [2.75, 3.05) is 20.0 Å². The minimum absolute atomic E-state index is 0.0369. The first-order valence-electron chi connectivity index (χ1n) is 8.69. The van der Waals surface area contributed by atoms with Crippen molar-refractivity contribution >= 4 is 40.8 Å². The molecule has 1 aromatic heterocycles. The molecule has 0 spiro atoms. The first-order valence-corrected chi connectivity index (χ1v) is 11.4. The van der Waals surface area contributed by atoms with Crippen LogP contribution in [0.25, 0.3) is 0 Å². The van der Waals surface area contributed by atoms with Gasteiger partial charge in [-0.3, -0.25) is 4.79 Å². The molecule has 1 heterocycles. The Hall–Kier alpha value is -1.45. The monoisotopic (exact) mass is 427 g/mol. The average Bonchev–Trinajstić information content (AvgIpc) is 3.13. The molecule has 0 fully saturated rings. The van der Waals surface area contributed by atoms with Crippen LogP contribution in [0.1, 0.15) is 32.3 Å². The number of rotatable bonds is 11. The van der Waals surface area contributed by atoms with E-state index in [0.717, 1.165) is 20.0 Å². The third-order valence-corrected chi connectivity index (χ3v) is 7.00. The number of nitrogens with zero attached hydrogens (tertiary/aromatic N) is 2. The molecule has 9 heteroatoms. The lowest BCUT2D eigenvalue weighted by Gasteiger charge is -2.12. The van der Waals surface area contributed by atoms with Crippen LogP contribution in [-0.4, -0.2) is 41.3 Å². The highest BCUT2D eigenvalue weighted by Crippen LogP contribution is 2.32. The Morgan fingerprint density at radius 2 is 1.96 bits per heavy atom. The van der Waals surface area contributed by atoms with Gasteiger partial charge >= 0.3 is 0 Å². The van der Waals surface area contributed by atoms with E-state index in [0.29, 0.717) is 18.0 Å². The summed E-state index contributed by atoms with van der Waals surface area (Å²) in [6.45, 7) is 4.47. The second-order valence-electron chi connectivity index (χ2n) is 5.70. The number of thioether (sulfide) groups is 2. The Balaban J connectivity index is 1.83. The first-order chi connectivity index (χ1) is 13.1. The Labute approximate surface area is 172 Å². The van der Waals surface area contributed by atoms with E-state index in [9.17, 15) is 4.79 Å². The van der Waals surface area contributed by atoms with E-state index in [4.69, 9.17) is 9.47 Å². The van der Waals surface area contributed by atoms with Gasteiger partial charge in [0.1, 0.15) is 0 Å². The van der Waals surface area contributed by atoms with Gasteiger partial charge in [0, 0.05) is 12.3 Å². The molecule has 0 saturated heterocycles. The number of benzene rings is 1. The summed E-state index contributed by atoms with van der Waals surface area (Å²) in [5.74, 6) is 2.33. The Bertz CT molecular complexity index is 740. The molecule has 1 atom stereocenters. The Morgan fingerprint density at radius 3 is 2.67 bits per heavy atom. The van der Waals surface area contributed by atoms with E-state index in [1.54, 1.807) is 37.3 Å². The van der Waals surface area contributed by atoms with Crippen LogP contribution in [0.15, 0.2) is 26.9 Å². The molecule has 2 aromatic rings. The van der Waals surface area contributed by atoms with Crippen molar-refractivity contribution in [1.29, 1.82) is 0 Å². The van der Waals surface area contributed by atoms with Crippen molar-refractivity contribution in [3.63, 3.8) is 0 Å². The fourth-order valence-electron chi connectivity index (χ4n) is 2.14. The summed E-state index contributed by atoms with van der Waals surface area (Å²) >= 11 is 4.71. The van der Waals surface area contributed by atoms with Gasteiger partial charge in [-0.1, -0.05) is 54.3 Å². The van der Waals surface area contributed by atoms with E-state index in [1.165, 1.54) is 24.6 Å². The summed E-state index contributed by atoms with van der Waals surface area (Å²) in [7, 11) is 3.19. The molecule has 1 aromatic carbocycles. The number of ether oxygens (including phenoxy) is 2. The Morgan fingerprint density at radius 1 is 1.22 bits per heavy atom. The molecule has 148 valence electrons. The van der Waals surface area contributed by atoms with Gasteiger partial charge in [-0.25, -0.2) is 0 Å². The molecule has 1 unspecified atom stereocenters. The fourth-order valence-corrected chi connectivity index (χ4v) is 5.48. The molecular formula is C18H25N3O3S3. The van der Waals surface area contributed by atoms with Crippen LogP contribution in [0.2, 0.25) is 0 Å². The van der Waals surface area contributed by atoms with Crippen molar-refractivity contribution in [3.05, 3.63) is 23.8 Å². The number of methoxy groups -OCH3 is 2. The van der Waals surface area contributed by atoms with Gasteiger partial charge in [-0.2, -0.15) is 0 Å². The van der Waals surface area contributed by atoms with Crippen molar-refractivity contribution in [1.82, 2.24) is 15.5 Å². The molecule has 6 nitrogen and oxygen atoms in total. The highest BCUT2D eigenvalue weighted by Gasteiger charge is 2.17. The molecule has 0 saturated carbocycles. The van der Waals surface area contributed by atoms with E-state index in [1.807, 2.05) is 25.1 Å². The van der Waals surface area contributed by atoms with Crippen LogP contribution in [0.4, 0.5) is 0 Å². The highest BCUT2D eigenvalue weighted by molar-refractivity contribution is 8.03. The van der Waals surface area contributed by atoms with Gasteiger partial charge in [-0.15, -0.1) is 10.2 Å². The van der Waals surface area contributed by atoms with Gasteiger partial charge in [0.15, 0.2) is 20.2 Å². The summed E-state index contributed by atoms with van der Waals surface area (Å²) in [5, 5.41) is 11.1. The lowest BCUT2D eigenvalue weighted by atomic mass is 10.2. The van der Waals surface area contributed by atoms with Crippen molar-refractivity contribution in [2.24, 2.45) is 0 Å². The largest absolute Gasteiger partial charge is 0.493 e. The zero-order valence-corrected chi connectivity index (χ0v) is 18.4. The fraction of sp³-hybridized carbons (Fsp3) is 0.500. The molecule has 0 aliphatic carbocycles. The number of carbonyl (C=O) groups is 1. The molecule has 27 heavy (non-hydrogen) atoms. The lowest BCUT2D eigenvalue weighted by molar-refractivity contribution is -0.120. The summed E-state index contributed by atoms with van der Waals surface area (Å²) in [5.41, 5.74) is 0.948. The predicted octanol–water partition coefficient (Wildman–Crippen LogP) is 4.24. The number of aromatic nitrogens is 2. The van der Waals surface area contributed by atoms with Crippen LogP contribution in [0.3, 0.4) is 0 Å². The molecule has 1 N–H and O–H groups in total. The number of unbranched alkanes of at least 4 members (excludes halogenated alkanes) is 1. The second kappa shape index (κ2) is 11.4. The topological polar surface area (TPSA) is 73.3 Å². The number of hydrogen-bond donors (Lipinski definition) is 1. The van der Waals surface area contributed by atoms with Gasteiger partial charge in [0.2, 0.25) is 5.91 Å². The predicted molar refractivity (Wildman–Crippen MR) is 112 cm³/mol. The van der Waals surface area contributed by atoms with Gasteiger partial charge in [0.05, 0.1) is 19.5 Å². The standard InChI is InChI=1S/C18H25N3O3S3/c1-5-6-9-25-17-20-21-18(27-17)26-12(2)16(22)19-11-13-7-8-14(23-3)15(10-13)24-4/h7-8,10,12H,5-6,9,11H2,1-4H3,(H,19,22). The molecular weight excluding hydrogens is 402 g/mol. The zero-order valence-electron chi connectivity index (χ0n) is 16.0. The second-order valence-corrected chi connectivity index (χ2v) is 9.61. The quantitative estimate of drug-likeness (QED) is 0.424. The molecule has 0 aliphatic rings. The van der Waals surface area contributed by atoms with E-state index < -0.39 is 0 Å². The maximum atomic E-state index is 12.4. The third kappa shape index (κ3) is 6.90. The van der Waals surface area contributed by atoms with Crippen LogP contribution >= 0.6 is 34.9 Å². The third-order valence-electron chi connectivity index (χ3n) is 3.67. The molecule has 0 aliphatic heterocycles. The number of nitrogens with one attached hydrogen (secondary N) is 1. The maximum Gasteiger partial charge on any atom is 0.233 e. The van der Waals surface area contributed by atoms with Gasteiger partial charge in [-0.05, 0) is 31.0 Å². The van der Waals surface area contributed by atoms with E-state index in [2.05, 4.69) is 22.4 Å². The van der Waals surface area contributed by atoms with Gasteiger partial charge in [0.25, 0.3) is 0 Å². The summed E-state index contributed by atoms with van der Waals surface area (Å²) in [6.07, 6.45) is 2.34. The van der Waals surface area contributed by atoms with Crippen LogP contribution in [0.5, 0.6) is 11.5 Å². The van der Waals surface area contributed by atoms with E-state index >= 15 is 0 Å². The molecule has 2 rings (SSSR count). The van der Waals surface area contributed by atoms with Crippen LogP contribution in [0, 0.1) is 0 Å². The number of amides is 1. The smallest absolute Gasteiger partial charge is 0.233 e.